The first-order chi connectivity index (χ1) is 15.7. The minimum atomic E-state index is -0.126. The van der Waals surface area contributed by atoms with E-state index in [1.165, 1.54) is 0 Å². The van der Waals surface area contributed by atoms with E-state index in [1.807, 2.05) is 30.3 Å². The van der Waals surface area contributed by atoms with Crippen molar-refractivity contribution in [1.82, 2.24) is 0 Å². The largest absolute Gasteiger partial charge is 0.494 e. The van der Waals surface area contributed by atoms with Gasteiger partial charge in [-0.25, -0.2) is 0 Å². The van der Waals surface area contributed by atoms with E-state index in [2.05, 4.69) is 34.2 Å². The predicted molar refractivity (Wildman–Crippen MR) is 127 cm³/mol. The van der Waals surface area contributed by atoms with Gasteiger partial charge in [-0.15, -0.1) is 0 Å². The van der Waals surface area contributed by atoms with E-state index in [9.17, 15) is 4.79 Å². The topological polar surface area (TPSA) is 63.3 Å². The Morgan fingerprint density at radius 3 is 2.25 bits per heavy atom. The number of unbranched alkanes of at least 4 members (excludes halogenated alkanes) is 1. The molecule has 0 unspecified atom stereocenters. The van der Waals surface area contributed by atoms with E-state index >= 15 is 0 Å². The molecule has 172 valence electrons. The Morgan fingerprint density at radius 1 is 0.938 bits per heavy atom. The van der Waals surface area contributed by atoms with Crippen LogP contribution in [0, 0.1) is 0 Å². The predicted octanol–water partition coefficient (Wildman–Crippen LogP) is 3.79. The van der Waals surface area contributed by atoms with Crippen molar-refractivity contribution in [3.8, 4) is 5.75 Å². The van der Waals surface area contributed by atoms with Crippen molar-refractivity contribution < 1.29 is 19.0 Å². The van der Waals surface area contributed by atoms with Gasteiger partial charge in [0.2, 0.25) is 0 Å². The highest BCUT2D eigenvalue weighted by atomic mass is 16.5. The summed E-state index contributed by atoms with van der Waals surface area (Å²) >= 11 is 0. The van der Waals surface area contributed by atoms with Crippen molar-refractivity contribution >= 4 is 23.0 Å². The van der Waals surface area contributed by atoms with Gasteiger partial charge >= 0.3 is 0 Å². The second-order valence-electron chi connectivity index (χ2n) is 8.08. The molecule has 0 radical (unpaired) electrons. The molecule has 0 atom stereocenters. The first-order valence-corrected chi connectivity index (χ1v) is 11.6. The van der Waals surface area contributed by atoms with Crippen LogP contribution in [-0.4, -0.2) is 65.1 Å². The van der Waals surface area contributed by atoms with Gasteiger partial charge in [0.25, 0.3) is 5.91 Å². The van der Waals surface area contributed by atoms with Crippen LogP contribution in [0.1, 0.15) is 30.1 Å². The van der Waals surface area contributed by atoms with E-state index in [0.717, 1.165) is 75.0 Å². The zero-order valence-corrected chi connectivity index (χ0v) is 18.8. The normalized spacial score (nSPS) is 16.7. The molecule has 2 saturated heterocycles. The summed E-state index contributed by atoms with van der Waals surface area (Å²) in [4.78, 5) is 17.6. The number of hydrogen-bond donors (Lipinski definition) is 1. The van der Waals surface area contributed by atoms with Crippen molar-refractivity contribution in [2.45, 2.75) is 19.8 Å². The third-order valence-electron chi connectivity index (χ3n) is 5.84. The van der Waals surface area contributed by atoms with Crippen molar-refractivity contribution in [1.29, 1.82) is 0 Å². The molecule has 2 aliphatic rings. The molecule has 4 rings (SSSR count). The van der Waals surface area contributed by atoms with E-state index in [0.29, 0.717) is 25.4 Å². The number of benzene rings is 2. The fourth-order valence-corrected chi connectivity index (χ4v) is 3.94. The Bertz CT molecular complexity index is 875. The molecule has 2 aromatic carbocycles. The number of carbonyl (C=O) groups excluding carboxylic acids is 1. The smallest absolute Gasteiger partial charge is 0.255 e. The molecule has 32 heavy (non-hydrogen) atoms. The van der Waals surface area contributed by atoms with Gasteiger partial charge < -0.3 is 29.3 Å². The number of carbonyl (C=O) groups is 1. The minimum Gasteiger partial charge on any atom is -0.494 e. The van der Waals surface area contributed by atoms with Gasteiger partial charge in [-0.2, -0.15) is 0 Å². The zero-order chi connectivity index (χ0) is 22.2. The number of nitrogens with zero attached hydrogens (tertiary/aromatic N) is 2. The van der Waals surface area contributed by atoms with E-state index < -0.39 is 0 Å². The van der Waals surface area contributed by atoms with Crippen LogP contribution < -0.4 is 19.9 Å². The summed E-state index contributed by atoms with van der Waals surface area (Å²) in [6.45, 7) is 9.05. The Hall–Kier alpha value is -2.77. The number of anilines is 3. The second-order valence-corrected chi connectivity index (χ2v) is 8.08. The van der Waals surface area contributed by atoms with Crippen LogP contribution in [0.3, 0.4) is 0 Å². The number of hydrogen-bond acceptors (Lipinski definition) is 6. The monoisotopic (exact) mass is 439 g/mol. The van der Waals surface area contributed by atoms with Gasteiger partial charge in [-0.1, -0.05) is 13.3 Å². The van der Waals surface area contributed by atoms with Gasteiger partial charge in [-0.05, 0) is 48.9 Å². The first-order valence-electron chi connectivity index (χ1n) is 11.6. The molecule has 0 spiro atoms. The fourth-order valence-electron chi connectivity index (χ4n) is 3.94. The molecule has 1 amide bonds. The molecule has 2 aliphatic heterocycles. The maximum Gasteiger partial charge on any atom is 0.255 e. The van der Waals surface area contributed by atoms with Crippen LogP contribution in [0.5, 0.6) is 5.75 Å². The van der Waals surface area contributed by atoms with Gasteiger partial charge in [0.15, 0.2) is 0 Å². The third-order valence-corrected chi connectivity index (χ3v) is 5.84. The van der Waals surface area contributed by atoms with E-state index in [4.69, 9.17) is 14.2 Å². The van der Waals surface area contributed by atoms with Crippen molar-refractivity contribution in [2.75, 3.05) is 74.3 Å². The van der Waals surface area contributed by atoms with Crippen molar-refractivity contribution in [3.63, 3.8) is 0 Å². The van der Waals surface area contributed by atoms with Crippen LogP contribution in [0.25, 0.3) is 0 Å². The lowest BCUT2D eigenvalue weighted by Gasteiger charge is -2.33. The molecule has 0 aromatic heterocycles. The molecule has 7 heteroatoms. The first kappa shape index (κ1) is 22.4. The van der Waals surface area contributed by atoms with E-state index in [-0.39, 0.29) is 5.91 Å². The average molecular weight is 440 g/mol. The van der Waals surface area contributed by atoms with Crippen molar-refractivity contribution in [3.05, 3.63) is 48.0 Å². The summed E-state index contributed by atoms with van der Waals surface area (Å²) < 4.78 is 16.7. The Kier molecular flexibility index (Phi) is 7.85. The summed E-state index contributed by atoms with van der Waals surface area (Å²) in [5.41, 5.74) is 3.61. The van der Waals surface area contributed by atoms with Crippen LogP contribution in [0.15, 0.2) is 42.5 Å². The van der Waals surface area contributed by atoms with Crippen LogP contribution >= 0.6 is 0 Å². The summed E-state index contributed by atoms with van der Waals surface area (Å²) in [5, 5.41) is 3.12. The molecular weight excluding hydrogens is 406 g/mol. The lowest BCUT2D eigenvalue weighted by atomic mass is 10.1. The summed E-state index contributed by atoms with van der Waals surface area (Å²) in [6, 6.07) is 13.6. The standard InChI is InChI=1S/C25H33N3O4/c1-2-3-14-32-22-7-4-20(5-8-22)25(29)26-23-9-6-21(27-10-15-30-16-11-27)19-24(23)28-12-17-31-18-13-28/h4-9,19H,2-3,10-18H2,1H3,(H,26,29). The maximum atomic E-state index is 13.0. The lowest BCUT2D eigenvalue weighted by molar-refractivity contribution is 0.102. The molecule has 2 fully saturated rings. The quantitative estimate of drug-likeness (QED) is 0.632. The highest BCUT2D eigenvalue weighted by Crippen LogP contribution is 2.32. The Morgan fingerprint density at radius 2 is 1.59 bits per heavy atom. The molecule has 1 N–H and O–H groups in total. The third kappa shape index (κ3) is 5.72. The SMILES string of the molecule is CCCCOc1ccc(C(=O)Nc2ccc(N3CCOCC3)cc2N2CCOCC2)cc1. The molecule has 7 nitrogen and oxygen atoms in total. The van der Waals surface area contributed by atoms with Crippen LogP contribution in [0.4, 0.5) is 17.1 Å². The summed E-state index contributed by atoms with van der Waals surface area (Å²) in [6.07, 6.45) is 2.11. The number of nitrogens with one attached hydrogen (secondary N) is 1. The summed E-state index contributed by atoms with van der Waals surface area (Å²) in [7, 11) is 0. The maximum absolute atomic E-state index is 13.0. The zero-order valence-electron chi connectivity index (χ0n) is 18.8. The molecular formula is C25H33N3O4. The minimum absolute atomic E-state index is 0.126. The molecule has 0 bridgehead atoms. The molecule has 0 saturated carbocycles. The molecule has 2 heterocycles. The number of ether oxygens (including phenoxy) is 3. The fraction of sp³-hybridized carbons (Fsp3) is 0.480. The molecule has 2 aromatic rings. The van der Waals surface area contributed by atoms with Gasteiger partial charge in [-0.3, -0.25) is 4.79 Å². The van der Waals surface area contributed by atoms with E-state index in [1.54, 1.807) is 0 Å². The van der Waals surface area contributed by atoms with Crippen molar-refractivity contribution in [2.24, 2.45) is 0 Å². The van der Waals surface area contributed by atoms with Crippen LogP contribution in [0.2, 0.25) is 0 Å². The lowest BCUT2D eigenvalue weighted by Crippen LogP contribution is -2.38. The highest BCUT2D eigenvalue weighted by molar-refractivity contribution is 6.06. The van der Waals surface area contributed by atoms with Crippen LogP contribution in [-0.2, 0) is 9.47 Å². The number of morpholine rings is 2. The van der Waals surface area contributed by atoms with Gasteiger partial charge in [0.1, 0.15) is 5.75 Å². The number of rotatable bonds is 8. The Balaban J connectivity index is 1.50. The Labute approximate surface area is 190 Å². The summed E-state index contributed by atoms with van der Waals surface area (Å²) in [5.74, 6) is 0.664. The second kappa shape index (κ2) is 11.2. The average Bonchev–Trinajstić information content (AvgIpc) is 2.86. The molecule has 0 aliphatic carbocycles. The van der Waals surface area contributed by atoms with Gasteiger partial charge in [0.05, 0.1) is 44.4 Å². The highest BCUT2D eigenvalue weighted by Gasteiger charge is 2.20. The number of amides is 1. The van der Waals surface area contributed by atoms with Gasteiger partial charge in [0, 0.05) is 37.4 Å².